The number of nitrogens with zero attached hydrogens (tertiary/aromatic N) is 2. The average molecular weight is 451 g/mol. The lowest BCUT2D eigenvalue weighted by molar-refractivity contribution is -0.145. The Morgan fingerprint density at radius 1 is 1.06 bits per heavy atom. The SMILES string of the molecule is O=C(N[C@H]1CCN(C2CCCCC2)C[C@@H]1C(=O)O)c1cc(-c2c(F)cc(F)cc2F)on1. The molecule has 2 atom stereocenters. The lowest BCUT2D eigenvalue weighted by Crippen LogP contribution is -2.56. The lowest BCUT2D eigenvalue weighted by Gasteiger charge is -2.42. The molecule has 2 N–H and O–H groups in total. The van der Waals surface area contributed by atoms with Gasteiger partial charge in [0, 0.05) is 43.4 Å². The summed E-state index contributed by atoms with van der Waals surface area (Å²) in [6, 6.07) is 1.80. The van der Waals surface area contributed by atoms with Gasteiger partial charge in [-0.2, -0.15) is 0 Å². The van der Waals surface area contributed by atoms with Gasteiger partial charge in [0.15, 0.2) is 11.5 Å². The van der Waals surface area contributed by atoms with Gasteiger partial charge in [-0.3, -0.25) is 14.5 Å². The summed E-state index contributed by atoms with van der Waals surface area (Å²) in [4.78, 5) is 26.7. The van der Waals surface area contributed by atoms with Crippen LogP contribution in [0.2, 0.25) is 0 Å². The fourth-order valence-corrected chi connectivity index (χ4v) is 4.70. The quantitative estimate of drug-likeness (QED) is 0.721. The number of hydrogen-bond donors (Lipinski definition) is 2. The number of halogens is 3. The van der Waals surface area contributed by atoms with Gasteiger partial charge >= 0.3 is 5.97 Å². The number of carboxylic acid groups (broad SMARTS) is 1. The first-order chi connectivity index (χ1) is 15.3. The first-order valence-electron chi connectivity index (χ1n) is 10.7. The molecular weight excluding hydrogens is 427 g/mol. The number of hydrogen-bond acceptors (Lipinski definition) is 5. The summed E-state index contributed by atoms with van der Waals surface area (Å²) >= 11 is 0. The number of carbonyl (C=O) groups is 2. The topological polar surface area (TPSA) is 95.7 Å². The predicted molar refractivity (Wildman–Crippen MR) is 107 cm³/mol. The van der Waals surface area contributed by atoms with Crippen molar-refractivity contribution in [2.75, 3.05) is 13.1 Å². The number of aromatic nitrogens is 1. The average Bonchev–Trinajstić information content (AvgIpc) is 3.23. The van der Waals surface area contributed by atoms with E-state index in [4.69, 9.17) is 4.52 Å². The Labute approximate surface area is 182 Å². The maximum atomic E-state index is 14.0. The zero-order valence-corrected chi connectivity index (χ0v) is 17.3. The summed E-state index contributed by atoms with van der Waals surface area (Å²) in [5.74, 6) is -6.31. The largest absolute Gasteiger partial charge is 0.481 e. The summed E-state index contributed by atoms with van der Waals surface area (Å²) in [5.41, 5.74) is -0.885. The molecule has 1 aromatic heterocycles. The maximum Gasteiger partial charge on any atom is 0.309 e. The van der Waals surface area contributed by atoms with Gasteiger partial charge in [-0.1, -0.05) is 24.4 Å². The standard InChI is InChI=1S/C22H24F3N3O4/c23-12-8-15(24)20(16(25)9-12)19-10-18(27-32-19)21(29)26-17-6-7-28(11-14(17)22(30)31)13-4-2-1-3-5-13/h8-10,13-14,17H,1-7,11H2,(H,26,29)(H,30,31)/t14-,17-/m0/s1. The van der Waals surface area contributed by atoms with Crippen molar-refractivity contribution < 1.29 is 32.4 Å². The molecule has 2 aromatic rings. The molecule has 1 aromatic carbocycles. The van der Waals surface area contributed by atoms with Crippen molar-refractivity contribution in [1.29, 1.82) is 0 Å². The van der Waals surface area contributed by atoms with Crippen LogP contribution in [-0.4, -0.2) is 52.2 Å². The molecule has 4 rings (SSSR count). The number of nitrogens with one attached hydrogen (secondary N) is 1. The van der Waals surface area contributed by atoms with Gasteiger partial charge in [0.25, 0.3) is 5.91 Å². The van der Waals surface area contributed by atoms with E-state index in [1.165, 1.54) is 6.42 Å². The van der Waals surface area contributed by atoms with E-state index in [0.717, 1.165) is 31.7 Å². The Morgan fingerprint density at radius 2 is 1.75 bits per heavy atom. The third-order valence-corrected chi connectivity index (χ3v) is 6.37. The highest BCUT2D eigenvalue weighted by molar-refractivity contribution is 5.93. The van der Waals surface area contributed by atoms with Crippen LogP contribution in [0.5, 0.6) is 0 Å². The summed E-state index contributed by atoms with van der Waals surface area (Å²) in [6.07, 6.45) is 6.07. The second-order valence-electron chi connectivity index (χ2n) is 8.42. The Bertz CT molecular complexity index is 983. The molecule has 1 aliphatic heterocycles. The second-order valence-corrected chi connectivity index (χ2v) is 8.42. The normalized spacial score (nSPS) is 22.6. The molecule has 7 nitrogen and oxygen atoms in total. The van der Waals surface area contributed by atoms with E-state index in [-0.39, 0.29) is 11.5 Å². The molecule has 2 aliphatic rings. The van der Waals surface area contributed by atoms with Crippen molar-refractivity contribution in [1.82, 2.24) is 15.4 Å². The molecule has 172 valence electrons. The fraction of sp³-hybridized carbons (Fsp3) is 0.500. The number of aliphatic carboxylic acids is 1. The monoisotopic (exact) mass is 451 g/mol. The van der Waals surface area contributed by atoms with Crippen molar-refractivity contribution in [2.24, 2.45) is 5.92 Å². The number of carboxylic acids is 1. The molecule has 2 fully saturated rings. The highest BCUT2D eigenvalue weighted by atomic mass is 19.1. The molecule has 1 amide bonds. The zero-order chi connectivity index (χ0) is 22.8. The number of piperidine rings is 1. The summed E-state index contributed by atoms with van der Waals surface area (Å²) in [5, 5.41) is 15.9. The smallest absolute Gasteiger partial charge is 0.309 e. The molecule has 1 saturated carbocycles. The zero-order valence-electron chi connectivity index (χ0n) is 17.3. The van der Waals surface area contributed by atoms with Gasteiger partial charge < -0.3 is 14.9 Å². The highest BCUT2D eigenvalue weighted by Gasteiger charge is 2.38. The van der Waals surface area contributed by atoms with E-state index in [1.807, 2.05) is 0 Å². The first kappa shape index (κ1) is 22.3. The molecule has 2 heterocycles. The molecule has 0 unspecified atom stereocenters. The molecule has 1 aliphatic carbocycles. The van der Waals surface area contributed by atoms with Crippen molar-refractivity contribution in [3.8, 4) is 11.3 Å². The number of amides is 1. The first-order valence-corrected chi connectivity index (χ1v) is 10.7. The van der Waals surface area contributed by atoms with Crippen LogP contribution in [0.1, 0.15) is 49.0 Å². The lowest BCUT2D eigenvalue weighted by atomic mass is 9.87. The third kappa shape index (κ3) is 4.64. The number of rotatable bonds is 5. The van der Waals surface area contributed by atoms with Gasteiger partial charge in [-0.05, 0) is 19.3 Å². The third-order valence-electron chi connectivity index (χ3n) is 6.37. The number of likely N-dealkylation sites (tertiary alicyclic amines) is 1. The van der Waals surface area contributed by atoms with Gasteiger partial charge in [0.2, 0.25) is 0 Å². The van der Waals surface area contributed by atoms with Crippen molar-refractivity contribution in [3.63, 3.8) is 0 Å². The van der Waals surface area contributed by atoms with Gasteiger partial charge in [0.1, 0.15) is 17.5 Å². The van der Waals surface area contributed by atoms with E-state index in [1.54, 1.807) is 0 Å². The molecular formula is C22H24F3N3O4. The van der Waals surface area contributed by atoms with E-state index in [9.17, 15) is 27.9 Å². The summed E-state index contributed by atoms with van der Waals surface area (Å²) < 4.78 is 46.0. The fourth-order valence-electron chi connectivity index (χ4n) is 4.70. The molecule has 10 heteroatoms. The second kappa shape index (κ2) is 9.32. The molecule has 0 bridgehead atoms. The van der Waals surface area contributed by atoms with Crippen LogP contribution in [0.4, 0.5) is 13.2 Å². The van der Waals surface area contributed by atoms with Gasteiger partial charge in [0.05, 0.1) is 11.5 Å². The maximum absolute atomic E-state index is 14.0. The highest BCUT2D eigenvalue weighted by Crippen LogP contribution is 2.29. The van der Waals surface area contributed by atoms with Crippen LogP contribution in [0.25, 0.3) is 11.3 Å². The minimum Gasteiger partial charge on any atom is -0.481 e. The predicted octanol–water partition coefficient (Wildman–Crippen LogP) is 3.60. The van der Waals surface area contributed by atoms with Crippen LogP contribution < -0.4 is 5.32 Å². The molecule has 0 radical (unpaired) electrons. The molecule has 1 saturated heterocycles. The number of carbonyl (C=O) groups excluding carboxylic acids is 1. The van der Waals surface area contributed by atoms with Crippen LogP contribution >= 0.6 is 0 Å². The van der Waals surface area contributed by atoms with Crippen LogP contribution in [0.3, 0.4) is 0 Å². The van der Waals surface area contributed by atoms with Crippen LogP contribution in [-0.2, 0) is 4.79 Å². The summed E-state index contributed by atoms with van der Waals surface area (Å²) in [6.45, 7) is 1.02. The Balaban J connectivity index is 1.45. The van der Waals surface area contributed by atoms with Crippen LogP contribution in [0, 0.1) is 23.4 Å². The molecule has 32 heavy (non-hydrogen) atoms. The van der Waals surface area contributed by atoms with Crippen LogP contribution in [0.15, 0.2) is 22.7 Å². The van der Waals surface area contributed by atoms with E-state index in [2.05, 4.69) is 15.4 Å². The van der Waals surface area contributed by atoms with E-state index < -0.39 is 46.9 Å². The van der Waals surface area contributed by atoms with Crippen molar-refractivity contribution in [2.45, 2.75) is 50.6 Å². The van der Waals surface area contributed by atoms with Crippen molar-refractivity contribution >= 4 is 11.9 Å². The minimum absolute atomic E-state index is 0.248. The number of benzene rings is 1. The minimum atomic E-state index is -1.19. The Kier molecular flexibility index (Phi) is 6.50. The van der Waals surface area contributed by atoms with Crippen molar-refractivity contribution in [3.05, 3.63) is 41.3 Å². The van der Waals surface area contributed by atoms with E-state index in [0.29, 0.717) is 37.7 Å². The molecule has 0 spiro atoms. The Morgan fingerprint density at radius 3 is 2.41 bits per heavy atom. The van der Waals surface area contributed by atoms with Gasteiger partial charge in [-0.15, -0.1) is 0 Å². The van der Waals surface area contributed by atoms with Gasteiger partial charge in [-0.25, -0.2) is 13.2 Å². The Hall–Kier alpha value is -2.88. The summed E-state index contributed by atoms with van der Waals surface area (Å²) in [7, 11) is 0. The van der Waals surface area contributed by atoms with E-state index >= 15 is 0 Å².